The Morgan fingerprint density at radius 2 is 1.65 bits per heavy atom. The van der Waals surface area contributed by atoms with E-state index in [0.29, 0.717) is 19.7 Å². The van der Waals surface area contributed by atoms with Crippen LogP contribution in [-0.2, 0) is 14.8 Å². The summed E-state index contributed by atoms with van der Waals surface area (Å²) >= 11 is 0. The molecule has 0 saturated heterocycles. The highest BCUT2D eigenvalue weighted by Crippen LogP contribution is 2.08. The molecule has 0 heterocycles. The van der Waals surface area contributed by atoms with Crippen LogP contribution < -0.4 is 0 Å². The van der Waals surface area contributed by atoms with Crippen LogP contribution in [0.2, 0.25) is 0 Å². The summed E-state index contributed by atoms with van der Waals surface area (Å²) in [6, 6.07) is 0. The molecule has 0 radical (unpaired) electrons. The smallest absolute Gasteiger partial charge is 0.214 e. The lowest BCUT2D eigenvalue weighted by Crippen LogP contribution is -2.36. The zero-order valence-electron chi connectivity index (χ0n) is 11.4. The molecule has 17 heavy (non-hydrogen) atoms. The number of nitrogens with zero attached hydrogens (tertiary/aromatic N) is 1. The van der Waals surface area contributed by atoms with Crippen LogP contribution >= 0.6 is 0 Å². The average Bonchev–Trinajstić information content (AvgIpc) is 2.29. The molecule has 104 valence electrons. The van der Waals surface area contributed by atoms with Crippen molar-refractivity contribution in [3.05, 3.63) is 0 Å². The summed E-state index contributed by atoms with van der Waals surface area (Å²) in [5.74, 6) is 0.272. The van der Waals surface area contributed by atoms with Crippen molar-refractivity contribution in [3.63, 3.8) is 0 Å². The first-order valence-electron chi connectivity index (χ1n) is 6.55. The lowest BCUT2D eigenvalue weighted by atomic mass is 10.3. The summed E-state index contributed by atoms with van der Waals surface area (Å²) in [5, 5.41) is 0. The van der Waals surface area contributed by atoms with Gasteiger partial charge in [0.1, 0.15) is 0 Å². The molecule has 0 aliphatic heterocycles. The molecule has 0 bridgehead atoms. The highest BCUT2D eigenvalue weighted by molar-refractivity contribution is 7.89. The predicted octanol–water partition coefficient (Wildman–Crippen LogP) is 2.25. The molecule has 5 heteroatoms. The van der Waals surface area contributed by atoms with Crippen LogP contribution in [0, 0.1) is 0 Å². The minimum absolute atomic E-state index is 0.272. The zero-order valence-corrected chi connectivity index (χ0v) is 12.3. The molecule has 0 atom stereocenters. The van der Waals surface area contributed by atoms with E-state index in [9.17, 15) is 8.42 Å². The minimum atomic E-state index is -3.09. The lowest BCUT2D eigenvalue weighted by Gasteiger charge is -2.21. The fourth-order valence-corrected chi connectivity index (χ4v) is 3.17. The number of hydrogen-bond donors (Lipinski definition) is 0. The van der Waals surface area contributed by atoms with Crippen LogP contribution in [0.4, 0.5) is 0 Å². The molecule has 0 unspecified atom stereocenters. The van der Waals surface area contributed by atoms with Crippen LogP contribution in [0.5, 0.6) is 0 Å². The van der Waals surface area contributed by atoms with Crippen LogP contribution in [0.15, 0.2) is 0 Å². The van der Waals surface area contributed by atoms with Crippen molar-refractivity contribution in [2.45, 2.75) is 46.0 Å². The molecule has 0 amide bonds. The Kier molecular flexibility index (Phi) is 9.78. The summed E-state index contributed by atoms with van der Waals surface area (Å²) in [6.45, 7) is 5.71. The Balaban J connectivity index is 4.30. The van der Waals surface area contributed by atoms with Gasteiger partial charge in [-0.2, -0.15) is 4.31 Å². The number of ether oxygens (including phenoxy) is 1. The van der Waals surface area contributed by atoms with Crippen LogP contribution in [-0.4, -0.2) is 45.3 Å². The Labute approximate surface area is 106 Å². The van der Waals surface area contributed by atoms with Gasteiger partial charge in [-0.3, -0.25) is 0 Å². The number of methoxy groups -OCH3 is 1. The molecule has 0 aromatic heterocycles. The number of unbranched alkanes of at least 4 members (excludes halogenated alkanes) is 3. The Morgan fingerprint density at radius 1 is 1.00 bits per heavy atom. The summed E-state index contributed by atoms with van der Waals surface area (Å²) in [6.07, 6.45) is 4.70. The second kappa shape index (κ2) is 9.85. The fraction of sp³-hybridized carbons (Fsp3) is 1.00. The van der Waals surface area contributed by atoms with Crippen molar-refractivity contribution in [3.8, 4) is 0 Å². The summed E-state index contributed by atoms with van der Waals surface area (Å²) in [5.41, 5.74) is 0. The van der Waals surface area contributed by atoms with E-state index in [0.717, 1.165) is 32.1 Å². The van der Waals surface area contributed by atoms with Crippen LogP contribution in [0.3, 0.4) is 0 Å². The summed E-state index contributed by atoms with van der Waals surface area (Å²) in [7, 11) is -1.49. The Hall–Kier alpha value is -0.130. The Morgan fingerprint density at radius 3 is 2.18 bits per heavy atom. The standard InChI is InChI=1S/C12H27NO3S/c1-4-6-8-12-17(14,15)13(9-7-5-2)10-11-16-3/h4-12H2,1-3H3. The van der Waals surface area contributed by atoms with E-state index < -0.39 is 10.0 Å². The van der Waals surface area contributed by atoms with Crippen molar-refractivity contribution in [2.24, 2.45) is 0 Å². The molecular formula is C12H27NO3S. The van der Waals surface area contributed by atoms with Gasteiger partial charge in [-0.05, 0) is 12.8 Å². The summed E-state index contributed by atoms with van der Waals surface area (Å²) < 4.78 is 30.7. The number of sulfonamides is 1. The molecule has 0 aliphatic rings. The quantitative estimate of drug-likeness (QED) is 0.538. The molecule has 0 saturated carbocycles. The van der Waals surface area contributed by atoms with Crippen molar-refractivity contribution in [1.29, 1.82) is 0 Å². The third-order valence-electron chi connectivity index (χ3n) is 2.71. The SMILES string of the molecule is CCCCCS(=O)(=O)N(CCCC)CCOC. The predicted molar refractivity (Wildman–Crippen MR) is 71.7 cm³/mol. The molecule has 0 rings (SSSR count). The van der Waals surface area contributed by atoms with Crippen molar-refractivity contribution in [1.82, 2.24) is 4.31 Å². The molecule has 0 N–H and O–H groups in total. The van der Waals surface area contributed by atoms with Crippen molar-refractivity contribution >= 4 is 10.0 Å². The van der Waals surface area contributed by atoms with Crippen LogP contribution in [0.25, 0.3) is 0 Å². The maximum atomic E-state index is 12.1. The van der Waals surface area contributed by atoms with E-state index in [1.807, 2.05) is 0 Å². The largest absolute Gasteiger partial charge is 0.383 e. The molecule has 0 fully saturated rings. The third kappa shape index (κ3) is 7.73. The van der Waals surface area contributed by atoms with Gasteiger partial charge in [-0.15, -0.1) is 0 Å². The first kappa shape index (κ1) is 16.9. The van der Waals surface area contributed by atoms with E-state index in [4.69, 9.17) is 4.74 Å². The third-order valence-corrected chi connectivity index (χ3v) is 4.66. The fourth-order valence-electron chi connectivity index (χ4n) is 1.58. The van der Waals surface area contributed by atoms with Gasteiger partial charge in [0.25, 0.3) is 0 Å². The van der Waals surface area contributed by atoms with E-state index >= 15 is 0 Å². The monoisotopic (exact) mass is 265 g/mol. The number of hydrogen-bond acceptors (Lipinski definition) is 3. The molecular weight excluding hydrogens is 238 g/mol. The second-order valence-corrected chi connectivity index (χ2v) is 6.36. The highest BCUT2D eigenvalue weighted by Gasteiger charge is 2.20. The van der Waals surface area contributed by atoms with E-state index in [1.165, 1.54) is 0 Å². The molecule has 4 nitrogen and oxygen atoms in total. The molecule has 0 spiro atoms. The van der Waals surface area contributed by atoms with Gasteiger partial charge >= 0.3 is 0 Å². The zero-order chi connectivity index (χ0) is 13.1. The normalized spacial score (nSPS) is 12.2. The van der Waals surface area contributed by atoms with Gasteiger partial charge < -0.3 is 4.74 Å². The Bertz CT molecular complexity index is 257. The van der Waals surface area contributed by atoms with Gasteiger partial charge in [-0.25, -0.2) is 8.42 Å². The average molecular weight is 265 g/mol. The topological polar surface area (TPSA) is 46.6 Å². The second-order valence-electron chi connectivity index (χ2n) is 4.27. The van der Waals surface area contributed by atoms with Gasteiger partial charge in [0.2, 0.25) is 10.0 Å². The van der Waals surface area contributed by atoms with Crippen molar-refractivity contribution in [2.75, 3.05) is 32.6 Å². The van der Waals surface area contributed by atoms with Gasteiger partial charge in [-0.1, -0.05) is 33.1 Å². The van der Waals surface area contributed by atoms with E-state index in [1.54, 1.807) is 11.4 Å². The number of rotatable bonds is 11. The van der Waals surface area contributed by atoms with Gasteiger partial charge in [0, 0.05) is 20.2 Å². The minimum Gasteiger partial charge on any atom is -0.383 e. The van der Waals surface area contributed by atoms with Gasteiger partial charge in [0.05, 0.1) is 12.4 Å². The highest BCUT2D eigenvalue weighted by atomic mass is 32.2. The lowest BCUT2D eigenvalue weighted by molar-refractivity contribution is 0.178. The maximum Gasteiger partial charge on any atom is 0.214 e. The first-order valence-corrected chi connectivity index (χ1v) is 8.16. The molecule has 0 aromatic carbocycles. The first-order chi connectivity index (χ1) is 8.08. The van der Waals surface area contributed by atoms with E-state index in [2.05, 4.69) is 13.8 Å². The van der Waals surface area contributed by atoms with Gasteiger partial charge in [0.15, 0.2) is 0 Å². The van der Waals surface area contributed by atoms with Crippen LogP contribution in [0.1, 0.15) is 46.0 Å². The summed E-state index contributed by atoms with van der Waals surface area (Å²) in [4.78, 5) is 0. The van der Waals surface area contributed by atoms with Crippen molar-refractivity contribution < 1.29 is 13.2 Å². The maximum absolute atomic E-state index is 12.1. The van der Waals surface area contributed by atoms with E-state index in [-0.39, 0.29) is 5.75 Å². The molecule has 0 aromatic rings. The molecule has 0 aliphatic carbocycles.